The smallest absolute Gasteiger partial charge is 0.323 e. The van der Waals surface area contributed by atoms with Crippen LogP contribution in [0.2, 0.25) is 0 Å². The zero-order valence-electron chi connectivity index (χ0n) is 14.7. The standard InChI is InChI=1S/C18H29NO2/c1-12-9-14(11-16(19(6)7)17(20)21-8)15(10-13(12)2)18(3,4)5/h9-10,16H,11H2,1-8H3. The van der Waals surface area contributed by atoms with Crippen molar-refractivity contribution in [3.8, 4) is 0 Å². The van der Waals surface area contributed by atoms with Crippen molar-refractivity contribution >= 4 is 5.97 Å². The Morgan fingerprint density at radius 3 is 2.14 bits per heavy atom. The van der Waals surface area contributed by atoms with Gasteiger partial charge in [0.05, 0.1) is 7.11 Å². The van der Waals surface area contributed by atoms with Crippen molar-refractivity contribution in [2.45, 2.75) is 52.5 Å². The minimum Gasteiger partial charge on any atom is -0.468 e. The SMILES string of the molecule is COC(=O)C(Cc1cc(C)c(C)cc1C(C)(C)C)N(C)C. The van der Waals surface area contributed by atoms with Crippen molar-refractivity contribution in [1.82, 2.24) is 4.90 Å². The summed E-state index contributed by atoms with van der Waals surface area (Å²) in [5, 5.41) is 0. The molecule has 0 spiro atoms. The van der Waals surface area contributed by atoms with Crippen LogP contribution in [0.4, 0.5) is 0 Å². The van der Waals surface area contributed by atoms with E-state index in [-0.39, 0.29) is 17.4 Å². The molecule has 0 saturated heterocycles. The number of methoxy groups -OCH3 is 1. The first-order valence-corrected chi connectivity index (χ1v) is 7.42. The third kappa shape index (κ3) is 4.31. The highest BCUT2D eigenvalue weighted by atomic mass is 16.5. The van der Waals surface area contributed by atoms with Crippen LogP contribution in [0.25, 0.3) is 0 Å². The molecule has 3 nitrogen and oxygen atoms in total. The second kappa shape index (κ2) is 6.61. The van der Waals surface area contributed by atoms with Crippen LogP contribution in [0, 0.1) is 13.8 Å². The molecule has 0 N–H and O–H groups in total. The molecule has 1 aromatic rings. The van der Waals surface area contributed by atoms with E-state index in [0.717, 1.165) is 0 Å². The van der Waals surface area contributed by atoms with Gasteiger partial charge in [0.15, 0.2) is 0 Å². The summed E-state index contributed by atoms with van der Waals surface area (Å²) >= 11 is 0. The number of ether oxygens (including phenoxy) is 1. The lowest BCUT2D eigenvalue weighted by Crippen LogP contribution is -2.39. The van der Waals surface area contributed by atoms with Gasteiger partial charge in [-0.3, -0.25) is 9.69 Å². The van der Waals surface area contributed by atoms with Crippen LogP contribution in [-0.2, 0) is 21.4 Å². The molecule has 1 unspecified atom stereocenters. The molecule has 0 saturated carbocycles. The molecule has 0 fully saturated rings. The summed E-state index contributed by atoms with van der Waals surface area (Å²) < 4.78 is 4.94. The van der Waals surface area contributed by atoms with Crippen molar-refractivity contribution in [1.29, 1.82) is 0 Å². The average molecular weight is 291 g/mol. The molecule has 3 heteroatoms. The quantitative estimate of drug-likeness (QED) is 0.798. The second-order valence-electron chi connectivity index (χ2n) is 7.05. The minimum absolute atomic E-state index is 0.0563. The van der Waals surface area contributed by atoms with E-state index >= 15 is 0 Å². The summed E-state index contributed by atoms with van der Waals surface area (Å²) in [6.07, 6.45) is 0.674. The zero-order valence-corrected chi connectivity index (χ0v) is 14.7. The molecule has 0 aliphatic rings. The fourth-order valence-corrected chi connectivity index (χ4v) is 2.56. The predicted octanol–water partition coefficient (Wildman–Crippen LogP) is 3.25. The minimum atomic E-state index is -0.252. The molecule has 0 radical (unpaired) electrons. The summed E-state index contributed by atoms with van der Waals surface area (Å²) in [7, 11) is 5.28. The Balaban J connectivity index is 3.28. The van der Waals surface area contributed by atoms with Crippen LogP contribution in [-0.4, -0.2) is 38.1 Å². The topological polar surface area (TPSA) is 29.5 Å². The molecule has 0 bridgehead atoms. The molecule has 1 rings (SSSR count). The number of hydrogen-bond donors (Lipinski definition) is 0. The molecule has 118 valence electrons. The van der Waals surface area contributed by atoms with E-state index in [0.29, 0.717) is 6.42 Å². The van der Waals surface area contributed by atoms with E-state index < -0.39 is 0 Å². The van der Waals surface area contributed by atoms with Crippen LogP contribution in [0.15, 0.2) is 12.1 Å². The number of nitrogens with zero attached hydrogens (tertiary/aromatic N) is 1. The van der Waals surface area contributed by atoms with E-state index in [4.69, 9.17) is 4.74 Å². The Kier molecular flexibility index (Phi) is 5.57. The first-order valence-electron chi connectivity index (χ1n) is 7.42. The Morgan fingerprint density at radius 2 is 1.71 bits per heavy atom. The third-order valence-corrected chi connectivity index (χ3v) is 4.04. The van der Waals surface area contributed by atoms with Crippen LogP contribution in [0.5, 0.6) is 0 Å². The van der Waals surface area contributed by atoms with Gasteiger partial charge in [-0.25, -0.2) is 0 Å². The molecule has 21 heavy (non-hydrogen) atoms. The number of benzene rings is 1. The summed E-state index contributed by atoms with van der Waals surface area (Å²) in [5.74, 6) is -0.182. The van der Waals surface area contributed by atoms with Crippen LogP contribution < -0.4 is 0 Å². The van der Waals surface area contributed by atoms with Crippen LogP contribution in [0.1, 0.15) is 43.0 Å². The highest BCUT2D eigenvalue weighted by Crippen LogP contribution is 2.29. The highest BCUT2D eigenvalue weighted by molar-refractivity contribution is 5.76. The van der Waals surface area contributed by atoms with Gasteiger partial charge in [-0.15, -0.1) is 0 Å². The molecule has 1 aromatic carbocycles. The van der Waals surface area contributed by atoms with Gasteiger partial charge in [-0.1, -0.05) is 32.9 Å². The predicted molar refractivity (Wildman–Crippen MR) is 87.8 cm³/mol. The van der Waals surface area contributed by atoms with Crippen molar-refractivity contribution in [2.24, 2.45) is 0 Å². The lowest BCUT2D eigenvalue weighted by atomic mass is 9.80. The van der Waals surface area contributed by atoms with Crippen LogP contribution in [0.3, 0.4) is 0 Å². The molecule has 0 aromatic heterocycles. The first kappa shape index (κ1) is 17.7. The Bertz CT molecular complexity index is 513. The normalized spacial score (nSPS) is 13.4. The summed E-state index contributed by atoms with van der Waals surface area (Å²) in [5.41, 5.74) is 5.15. The van der Waals surface area contributed by atoms with Gasteiger partial charge in [0.25, 0.3) is 0 Å². The molecule has 0 aliphatic carbocycles. The third-order valence-electron chi connectivity index (χ3n) is 4.04. The number of carbonyl (C=O) groups is 1. The monoisotopic (exact) mass is 291 g/mol. The number of aryl methyl sites for hydroxylation is 2. The fraction of sp³-hybridized carbons (Fsp3) is 0.611. The average Bonchev–Trinajstić information content (AvgIpc) is 2.36. The van der Waals surface area contributed by atoms with E-state index in [1.807, 2.05) is 19.0 Å². The molecule has 0 heterocycles. The maximum Gasteiger partial charge on any atom is 0.323 e. The maximum atomic E-state index is 12.0. The van der Waals surface area contributed by atoms with Gasteiger partial charge in [-0.2, -0.15) is 0 Å². The molecular formula is C18H29NO2. The summed E-state index contributed by atoms with van der Waals surface area (Å²) in [6, 6.07) is 4.22. The van der Waals surface area contributed by atoms with E-state index in [9.17, 15) is 4.79 Å². The van der Waals surface area contributed by atoms with Crippen molar-refractivity contribution < 1.29 is 9.53 Å². The van der Waals surface area contributed by atoms with Gasteiger partial charge >= 0.3 is 5.97 Å². The van der Waals surface area contributed by atoms with E-state index in [2.05, 4.69) is 46.8 Å². The number of likely N-dealkylation sites (N-methyl/N-ethyl adjacent to an activating group) is 1. The van der Waals surface area contributed by atoms with E-state index in [1.165, 1.54) is 29.4 Å². The van der Waals surface area contributed by atoms with Gasteiger partial charge in [0.1, 0.15) is 6.04 Å². The van der Waals surface area contributed by atoms with Gasteiger partial charge in [0.2, 0.25) is 0 Å². The van der Waals surface area contributed by atoms with Crippen LogP contribution >= 0.6 is 0 Å². The lowest BCUT2D eigenvalue weighted by molar-refractivity contribution is -0.145. The fourth-order valence-electron chi connectivity index (χ4n) is 2.56. The summed E-state index contributed by atoms with van der Waals surface area (Å²) in [4.78, 5) is 13.9. The Morgan fingerprint density at radius 1 is 1.19 bits per heavy atom. The number of esters is 1. The first-order chi connectivity index (χ1) is 9.57. The Hall–Kier alpha value is -1.35. The van der Waals surface area contributed by atoms with Crippen molar-refractivity contribution in [3.05, 3.63) is 34.4 Å². The second-order valence-corrected chi connectivity index (χ2v) is 7.05. The largest absolute Gasteiger partial charge is 0.468 e. The Labute approximate surface area is 129 Å². The highest BCUT2D eigenvalue weighted by Gasteiger charge is 2.26. The lowest BCUT2D eigenvalue weighted by Gasteiger charge is -2.28. The summed E-state index contributed by atoms with van der Waals surface area (Å²) in [6.45, 7) is 10.9. The van der Waals surface area contributed by atoms with E-state index in [1.54, 1.807) is 0 Å². The zero-order chi connectivity index (χ0) is 16.4. The molecule has 1 atom stereocenters. The van der Waals surface area contributed by atoms with Gasteiger partial charge in [-0.05, 0) is 62.0 Å². The molecule has 0 aliphatic heterocycles. The van der Waals surface area contributed by atoms with Crippen molar-refractivity contribution in [2.75, 3.05) is 21.2 Å². The number of rotatable bonds is 4. The molecular weight excluding hydrogens is 262 g/mol. The maximum absolute atomic E-state index is 12.0. The van der Waals surface area contributed by atoms with Gasteiger partial charge in [0, 0.05) is 0 Å². The van der Waals surface area contributed by atoms with Crippen molar-refractivity contribution in [3.63, 3.8) is 0 Å². The molecule has 0 amide bonds. The van der Waals surface area contributed by atoms with Gasteiger partial charge < -0.3 is 4.74 Å². The number of carbonyl (C=O) groups excluding carboxylic acids is 1. The number of hydrogen-bond acceptors (Lipinski definition) is 3.